The van der Waals surface area contributed by atoms with Crippen molar-refractivity contribution in [1.29, 1.82) is 0 Å². The van der Waals surface area contributed by atoms with Gasteiger partial charge in [-0.25, -0.2) is 0 Å². The largest absolute Gasteiger partial charge is 0.495 e. The van der Waals surface area contributed by atoms with Crippen molar-refractivity contribution in [1.82, 2.24) is 14.8 Å². The van der Waals surface area contributed by atoms with Crippen LogP contribution in [0.3, 0.4) is 0 Å². The lowest BCUT2D eigenvalue weighted by Crippen LogP contribution is -2.23. The Morgan fingerprint density at radius 3 is 2.89 bits per heavy atom. The number of benzene rings is 2. The molecule has 1 N–H and O–H groups in total. The van der Waals surface area contributed by atoms with Crippen LogP contribution < -0.4 is 10.1 Å². The smallest absolute Gasteiger partial charge is 0.237 e. The molecule has 0 aliphatic carbocycles. The molecule has 28 heavy (non-hydrogen) atoms. The van der Waals surface area contributed by atoms with Gasteiger partial charge in [0.05, 0.1) is 18.0 Å². The molecule has 1 atom stereocenters. The SMILES string of the molecule is CCn1cnnc1S[C@@H](C)C(=O)Nc1cc2oc3ccccc3c2cc1OC. The minimum absolute atomic E-state index is 0.149. The number of anilines is 1. The number of fused-ring (bicyclic) bond motifs is 3. The summed E-state index contributed by atoms with van der Waals surface area (Å²) in [6, 6.07) is 11.5. The molecule has 1 amide bonds. The summed E-state index contributed by atoms with van der Waals surface area (Å²) >= 11 is 1.36. The van der Waals surface area contributed by atoms with E-state index < -0.39 is 0 Å². The summed E-state index contributed by atoms with van der Waals surface area (Å²) in [5, 5.41) is 13.2. The molecule has 7 nitrogen and oxygen atoms in total. The van der Waals surface area contributed by atoms with Crippen LogP contribution in [0.25, 0.3) is 21.9 Å². The van der Waals surface area contributed by atoms with Crippen LogP contribution in [0, 0.1) is 0 Å². The minimum atomic E-state index is -0.356. The van der Waals surface area contributed by atoms with E-state index in [1.165, 1.54) is 11.8 Å². The third-order valence-corrected chi connectivity index (χ3v) is 5.62. The molecule has 0 aliphatic rings. The van der Waals surface area contributed by atoms with E-state index in [4.69, 9.17) is 9.15 Å². The molecule has 0 aliphatic heterocycles. The van der Waals surface area contributed by atoms with E-state index in [2.05, 4.69) is 15.5 Å². The molecule has 144 valence electrons. The van der Waals surface area contributed by atoms with Crippen LogP contribution in [0.15, 0.2) is 52.3 Å². The van der Waals surface area contributed by atoms with Gasteiger partial charge in [-0.15, -0.1) is 10.2 Å². The van der Waals surface area contributed by atoms with E-state index in [0.717, 1.165) is 22.9 Å². The maximum atomic E-state index is 12.7. The first-order chi connectivity index (χ1) is 13.6. The van der Waals surface area contributed by atoms with Gasteiger partial charge in [0.1, 0.15) is 23.2 Å². The van der Waals surface area contributed by atoms with Gasteiger partial charge in [0.15, 0.2) is 5.16 Å². The van der Waals surface area contributed by atoms with Gasteiger partial charge in [-0.1, -0.05) is 30.0 Å². The van der Waals surface area contributed by atoms with Gasteiger partial charge < -0.3 is 19.0 Å². The van der Waals surface area contributed by atoms with Gasteiger partial charge in [-0.2, -0.15) is 0 Å². The lowest BCUT2D eigenvalue weighted by atomic mass is 10.1. The Labute approximate surface area is 166 Å². The van der Waals surface area contributed by atoms with Crippen molar-refractivity contribution in [3.8, 4) is 5.75 Å². The highest BCUT2D eigenvalue weighted by Gasteiger charge is 2.20. The fraction of sp³-hybridized carbons (Fsp3) is 0.250. The number of aryl methyl sites for hydroxylation is 1. The molecular formula is C20H20N4O3S. The van der Waals surface area contributed by atoms with Gasteiger partial charge >= 0.3 is 0 Å². The molecule has 0 bridgehead atoms. The van der Waals surface area contributed by atoms with Crippen LogP contribution in [0.5, 0.6) is 5.75 Å². The Hall–Kier alpha value is -3.00. The molecule has 2 heterocycles. The number of nitrogens with zero attached hydrogens (tertiary/aromatic N) is 3. The Morgan fingerprint density at radius 2 is 2.11 bits per heavy atom. The number of rotatable bonds is 6. The van der Waals surface area contributed by atoms with Crippen LogP contribution in [0.2, 0.25) is 0 Å². The van der Waals surface area contributed by atoms with Crippen molar-refractivity contribution in [3.63, 3.8) is 0 Å². The monoisotopic (exact) mass is 396 g/mol. The van der Waals surface area contributed by atoms with Crippen molar-refractivity contribution in [3.05, 3.63) is 42.7 Å². The van der Waals surface area contributed by atoms with E-state index in [-0.39, 0.29) is 11.2 Å². The van der Waals surface area contributed by atoms with Crippen LogP contribution in [0.4, 0.5) is 5.69 Å². The predicted molar refractivity (Wildman–Crippen MR) is 110 cm³/mol. The number of thioether (sulfide) groups is 1. The second-order valence-corrected chi connectivity index (χ2v) is 7.60. The molecule has 4 aromatic rings. The average molecular weight is 396 g/mol. The quantitative estimate of drug-likeness (QED) is 0.489. The lowest BCUT2D eigenvalue weighted by Gasteiger charge is -2.14. The highest BCUT2D eigenvalue weighted by Crippen LogP contribution is 2.36. The third kappa shape index (κ3) is 3.31. The Balaban J connectivity index is 1.61. The van der Waals surface area contributed by atoms with Gasteiger partial charge in [-0.05, 0) is 26.0 Å². The number of furan rings is 1. The number of hydrogen-bond acceptors (Lipinski definition) is 6. The topological polar surface area (TPSA) is 82.2 Å². The summed E-state index contributed by atoms with van der Waals surface area (Å²) in [4.78, 5) is 12.7. The number of carbonyl (C=O) groups is 1. The van der Waals surface area contributed by atoms with Crippen LogP contribution in [-0.2, 0) is 11.3 Å². The van der Waals surface area contributed by atoms with Crippen molar-refractivity contribution < 1.29 is 13.9 Å². The number of amides is 1. The van der Waals surface area contributed by atoms with Crippen LogP contribution in [-0.4, -0.2) is 33.0 Å². The number of para-hydroxylation sites is 1. The zero-order valence-corrected chi connectivity index (χ0v) is 16.6. The number of carbonyl (C=O) groups excluding carboxylic acids is 1. The molecule has 4 rings (SSSR count). The van der Waals surface area contributed by atoms with Gasteiger partial charge in [0.2, 0.25) is 5.91 Å². The highest BCUT2D eigenvalue weighted by molar-refractivity contribution is 8.00. The first kappa shape index (κ1) is 18.4. The number of ether oxygens (including phenoxy) is 1. The molecule has 0 saturated carbocycles. The summed E-state index contributed by atoms with van der Waals surface area (Å²) in [5.41, 5.74) is 2.07. The minimum Gasteiger partial charge on any atom is -0.495 e. The zero-order valence-electron chi connectivity index (χ0n) is 15.8. The van der Waals surface area contributed by atoms with Crippen molar-refractivity contribution >= 4 is 45.3 Å². The maximum Gasteiger partial charge on any atom is 0.237 e. The number of aromatic nitrogens is 3. The number of methoxy groups -OCH3 is 1. The molecule has 0 fully saturated rings. The van der Waals surface area contributed by atoms with Gasteiger partial charge in [-0.3, -0.25) is 4.79 Å². The fourth-order valence-corrected chi connectivity index (χ4v) is 3.90. The zero-order chi connectivity index (χ0) is 19.7. The molecule has 8 heteroatoms. The van der Waals surface area contributed by atoms with E-state index >= 15 is 0 Å². The van der Waals surface area contributed by atoms with Gasteiger partial charge in [0.25, 0.3) is 0 Å². The van der Waals surface area contributed by atoms with Gasteiger partial charge in [0, 0.05) is 23.4 Å². The summed E-state index contributed by atoms with van der Waals surface area (Å²) < 4.78 is 13.3. The van der Waals surface area contributed by atoms with E-state index in [1.54, 1.807) is 19.5 Å². The lowest BCUT2D eigenvalue weighted by molar-refractivity contribution is -0.115. The Bertz CT molecular complexity index is 1150. The summed E-state index contributed by atoms with van der Waals surface area (Å²) in [7, 11) is 1.58. The summed E-state index contributed by atoms with van der Waals surface area (Å²) in [6.45, 7) is 4.59. The molecule has 0 spiro atoms. The molecule has 0 radical (unpaired) electrons. The van der Waals surface area contributed by atoms with E-state index in [0.29, 0.717) is 22.2 Å². The van der Waals surface area contributed by atoms with Crippen molar-refractivity contribution in [2.75, 3.05) is 12.4 Å². The first-order valence-electron chi connectivity index (χ1n) is 8.95. The second kappa shape index (κ2) is 7.55. The van der Waals surface area contributed by atoms with Crippen molar-refractivity contribution in [2.24, 2.45) is 0 Å². The third-order valence-electron chi connectivity index (χ3n) is 4.53. The fourth-order valence-electron chi connectivity index (χ4n) is 3.02. The first-order valence-corrected chi connectivity index (χ1v) is 9.83. The molecule has 0 unspecified atom stereocenters. The predicted octanol–water partition coefficient (Wildman–Crippen LogP) is 4.33. The average Bonchev–Trinajstić information content (AvgIpc) is 3.30. The summed E-state index contributed by atoms with van der Waals surface area (Å²) in [6.07, 6.45) is 1.66. The summed E-state index contributed by atoms with van der Waals surface area (Å²) in [5.74, 6) is 0.436. The Morgan fingerprint density at radius 1 is 1.29 bits per heavy atom. The molecular weight excluding hydrogens is 376 g/mol. The number of hydrogen-bond donors (Lipinski definition) is 1. The van der Waals surface area contributed by atoms with Crippen LogP contribution in [0.1, 0.15) is 13.8 Å². The second-order valence-electron chi connectivity index (χ2n) is 6.30. The molecule has 0 saturated heterocycles. The van der Waals surface area contributed by atoms with E-state index in [1.807, 2.05) is 48.7 Å². The highest BCUT2D eigenvalue weighted by atomic mass is 32.2. The maximum absolute atomic E-state index is 12.7. The molecule has 2 aromatic heterocycles. The van der Waals surface area contributed by atoms with E-state index in [9.17, 15) is 4.79 Å². The number of nitrogens with one attached hydrogen (secondary N) is 1. The van der Waals surface area contributed by atoms with Crippen molar-refractivity contribution in [2.45, 2.75) is 30.8 Å². The standard InChI is InChI=1S/C20H20N4O3S/c1-4-24-11-21-23-20(24)28-12(2)19(25)22-15-10-17-14(9-18(15)26-3)13-7-5-6-8-16(13)27-17/h5-12H,4H2,1-3H3,(H,22,25)/t12-/m0/s1. The Kier molecular flexibility index (Phi) is 4.95. The normalized spacial score (nSPS) is 12.4. The molecule has 2 aromatic carbocycles. The van der Waals surface area contributed by atoms with Crippen LogP contribution >= 0.6 is 11.8 Å².